The Hall–Kier alpha value is -2.61. The molecule has 1 aromatic carbocycles. The van der Waals surface area contributed by atoms with Crippen LogP contribution in [-0.4, -0.2) is 54.0 Å². The third-order valence-corrected chi connectivity index (χ3v) is 6.31. The Morgan fingerprint density at radius 3 is 2.63 bits per heavy atom. The van der Waals surface area contributed by atoms with Crippen LogP contribution in [-0.2, 0) is 4.79 Å². The van der Waals surface area contributed by atoms with E-state index in [0.29, 0.717) is 31.5 Å². The number of piperidine rings is 1. The zero-order chi connectivity index (χ0) is 20.9. The van der Waals surface area contributed by atoms with Crippen LogP contribution in [0.3, 0.4) is 0 Å². The van der Waals surface area contributed by atoms with Gasteiger partial charge in [-0.15, -0.1) is 0 Å². The third kappa shape index (κ3) is 4.75. The predicted octanol–water partition coefficient (Wildman–Crippen LogP) is 2.63. The number of carbonyl (C=O) groups excluding carboxylic acids is 1. The molecule has 162 valence electrons. The second-order valence-electron chi connectivity index (χ2n) is 8.25. The molecule has 0 bridgehead atoms. The maximum Gasteiger partial charge on any atom is 0.324 e. The number of aromatic nitrogens is 2. The van der Waals surface area contributed by atoms with E-state index in [1.165, 1.54) is 0 Å². The first-order valence-electron chi connectivity index (χ1n) is 10.8. The number of amides is 1. The number of ether oxygens (including phenoxy) is 1. The van der Waals surface area contributed by atoms with Crippen molar-refractivity contribution >= 4 is 11.9 Å². The van der Waals surface area contributed by atoms with E-state index in [9.17, 15) is 9.90 Å². The van der Waals surface area contributed by atoms with E-state index in [1.807, 2.05) is 29.2 Å². The molecule has 1 aliphatic carbocycles. The van der Waals surface area contributed by atoms with E-state index >= 15 is 0 Å². The molecule has 2 aromatic rings. The smallest absolute Gasteiger partial charge is 0.324 e. The maximum absolute atomic E-state index is 12.6. The van der Waals surface area contributed by atoms with Gasteiger partial charge in [-0.25, -0.2) is 0 Å². The van der Waals surface area contributed by atoms with Gasteiger partial charge in [0, 0.05) is 37.0 Å². The minimum absolute atomic E-state index is 0.00837. The van der Waals surface area contributed by atoms with Gasteiger partial charge in [0.2, 0.25) is 11.7 Å². The van der Waals surface area contributed by atoms with Crippen molar-refractivity contribution in [3.8, 4) is 17.1 Å². The van der Waals surface area contributed by atoms with Crippen LogP contribution in [0.15, 0.2) is 28.8 Å². The Morgan fingerprint density at radius 1 is 1.20 bits per heavy atom. The van der Waals surface area contributed by atoms with Crippen molar-refractivity contribution in [1.82, 2.24) is 15.5 Å². The molecule has 1 saturated carbocycles. The summed E-state index contributed by atoms with van der Waals surface area (Å²) in [5.41, 5.74) is 0.866. The lowest BCUT2D eigenvalue weighted by molar-refractivity contribution is -0.126. The molecule has 2 heterocycles. The van der Waals surface area contributed by atoms with Gasteiger partial charge in [-0.05, 0) is 49.9 Å². The normalized spacial score (nSPS) is 22.7. The van der Waals surface area contributed by atoms with Gasteiger partial charge in [-0.1, -0.05) is 18.0 Å². The average molecular weight is 415 g/mol. The molecule has 2 fully saturated rings. The molecule has 8 nitrogen and oxygen atoms in total. The zero-order valence-electron chi connectivity index (χ0n) is 17.4. The minimum atomic E-state index is -0.279. The van der Waals surface area contributed by atoms with Crippen molar-refractivity contribution in [3.63, 3.8) is 0 Å². The summed E-state index contributed by atoms with van der Waals surface area (Å²) in [5.74, 6) is 1.60. The van der Waals surface area contributed by atoms with E-state index in [-0.39, 0.29) is 23.8 Å². The van der Waals surface area contributed by atoms with Crippen LogP contribution in [0.5, 0.6) is 5.75 Å². The third-order valence-electron chi connectivity index (χ3n) is 6.31. The Bertz CT molecular complexity index is 830. The van der Waals surface area contributed by atoms with Crippen molar-refractivity contribution < 1.29 is 19.2 Å². The second-order valence-corrected chi connectivity index (χ2v) is 8.25. The molecule has 2 aliphatic rings. The lowest BCUT2D eigenvalue weighted by Gasteiger charge is -2.31. The van der Waals surface area contributed by atoms with E-state index in [4.69, 9.17) is 9.26 Å². The van der Waals surface area contributed by atoms with Gasteiger partial charge in [0.15, 0.2) is 0 Å². The maximum atomic E-state index is 12.6. The average Bonchev–Trinajstić information content (AvgIpc) is 3.29. The van der Waals surface area contributed by atoms with Crippen molar-refractivity contribution in [2.45, 2.75) is 44.6 Å². The van der Waals surface area contributed by atoms with Gasteiger partial charge in [0.05, 0.1) is 13.2 Å². The van der Waals surface area contributed by atoms with Gasteiger partial charge in [-0.2, -0.15) is 4.98 Å². The zero-order valence-corrected chi connectivity index (χ0v) is 17.4. The molecule has 2 N–H and O–H groups in total. The lowest BCUT2D eigenvalue weighted by atomic mass is 9.86. The molecule has 8 heteroatoms. The fraction of sp³-hybridized carbons (Fsp3) is 0.591. The molecule has 2 atom stereocenters. The van der Waals surface area contributed by atoms with E-state index in [2.05, 4.69) is 15.5 Å². The first-order valence-corrected chi connectivity index (χ1v) is 10.8. The van der Waals surface area contributed by atoms with E-state index in [0.717, 1.165) is 49.8 Å². The summed E-state index contributed by atoms with van der Waals surface area (Å²) < 4.78 is 10.6. The van der Waals surface area contributed by atoms with Crippen LogP contribution in [0.25, 0.3) is 11.4 Å². The van der Waals surface area contributed by atoms with Gasteiger partial charge >= 0.3 is 6.01 Å². The first kappa shape index (κ1) is 20.7. The Morgan fingerprint density at radius 2 is 1.93 bits per heavy atom. The van der Waals surface area contributed by atoms with Crippen LogP contribution in [0.1, 0.15) is 38.5 Å². The number of nitrogens with one attached hydrogen (secondary N) is 1. The highest BCUT2D eigenvalue weighted by Crippen LogP contribution is 2.27. The number of carbonyl (C=O) groups is 1. The highest BCUT2D eigenvalue weighted by atomic mass is 16.5. The first-order chi connectivity index (χ1) is 14.6. The summed E-state index contributed by atoms with van der Waals surface area (Å²) in [6.45, 7) is 1.98. The molecule has 1 aromatic heterocycles. The monoisotopic (exact) mass is 414 g/mol. The van der Waals surface area contributed by atoms with Crippen LogP contribution < -0.4 is 15.0 Å². The summed E-state index contributed by atoms with van der Waals surface area (Å²) in [6, 6.07) is 8.01. The number of hydrogen-bond donors (Lipinski definition) is 2. The van der Waals surface area contributed by atoms with Crippen LogP contribution in [0, 0.1) is 11.8 Å². The van der Waals surface area contributed by atoms with E-state index < -0.39 is 0 Å². The number of benzene rings is 1. The number of aliphatic hydroxyl groups is 1. The van der Waals surface area contributed by atoms with Crippen LogP contribution in [0.2, 0.25) is 0 Å². The van der Waals surface area contributed by atoms with Crippen LogP contribution >= 0.6 is 0 Å². The van der Waals surface area contributed by atoms with E-state index in [1.54, 1.807) is 7.11 Å². The lowest BCUT2D eigenvalue weighted by Crippen LogP contribution is -2.43. The highest BCUT2D eigenvalue weighted by Gasteiger charge is 2.29. The molecule has 1 aliphatic heterocycles. The molecule has 0 unspecified atom stereocenters. The van der Waals surface area contributed by atoms with Crippen molar-refractivity contribution in [1.29, 1.82) is 0 Å². The number of rotatable bonds is 6. The summed E-state index contributed by atoms with van der Waals surface area (Å²) in [6.07, 6.45) is 5.28. The molecule has 4 rings (SSSR count). The molecule has 30 heavy (non-hydrogen) atoms. The molecule has 0 radical (unpaired) electrons. The largest absolute Gasteiger partial charge is 0.497 e. The number of nitrogens with zero attached hydrogens (tertiary/aromatic N) is 3. The number of hydrogen-bond acceptors (Lipinski definition) is 7. The van der Waals surface area contributed by atoms with Gasteiger partial charge in [0.25, 0.3) is 0 Å². The van der Waals surface area contributed by atoms with Crippen LogP contribution in [0.4, 0.5) is 6.01 Å². The molecular formula is C22H30N4O4. The van der Waals surface area contributed by atoms with Crippen molar-refractivity contribution in [3.05, 3.63) is 24.3 Å². The Kier molecular flexibility index (Phi) is 6.52. The Labute approximate surface area is 176 Å². The number of methoxy groups -OCH3 is 1. The topological polar surface area (TPSA) is 101 Å². The minimum Gasteiger partial charge on any atom is -0.497 e. The highest BCUT2D eigenvalue weighted by molar-refractivity contribution is 5.79. The fourth-order valence-corrected chi connectivity index (χ4v) is 4.34. The van der Waals surface area contributed by atoms with Gasteiger partial charge < -0.3 is 24.6 Å². The molecule has 1 amide bonds. The standard InChI is InChI=1S/C22H30N4O4/c1-29-18-8-6-15(7-9-18)20-24-22(30-25-20)26-12-10-16(11-13-26)21(28)23-14-17-4-2-3-5-19(17)27/h6-9,16-17,19,27H,2-5,10-14H2,1H3,(H,23,28)/t17-,19+/m0/s1. The van der Waals surface area contributed by atoms with Gasteiger partial charge in [0.1, 0.15) is 5.75 Å². The summed E-state index contributed by atoms with van der Waals surface area (Å²) in [4.78, 5) is 19.1. The second kappa shape index (κ2) is 9.47. The number of anilines is 1. The summed E-state index contributed by atoms with van der Waals surface area (Å²) in [5, 5.41) is 17.2. The van der Waals surface area contributed by atoms with Crippen molar-refractivity contribution in [2.75, 3.05) is 31.6 Å². The molecular weight excluding hydrogens is 384 g/mol. The van der Waals surface area contributed by atoms with Crippen molar-refractivity contribution in [2.24, 2.45) is 11.8 Å². The van der Waals surface area contributed by atoms with Gasteiger partial charge in [-0.3, -0.25) is 4.79 Å². The predicted molar refractivity (Wildman–Crippen MR) is 112 cm³/mol. The quantitative estimate of drug-likeness (QED) is 0.749. The summed E-state index contributed by atoms with van der Waals surface area (Å²) in [7, 11) is 1.63. The summed E-state index contributed by atoms with van der Waals surface area (Å²) >= 11 is 0. The Balaban J connectivity index is 1.27. The number of aliphatic hydroxyl groups excluding tert-OH is 1. The molecule has 0 spiro atoms. The SMILES string of the molecule is COc1ccc(-c2noc(N3CCC(C(=O)NC[C@@H]4CCCC[C@H]4O)CC3)n2)cc1. The molecule has 1 saturated heterocycles. The fourth-order valence-electron chi connectivity index (χ4n) is 4.34.